The van der Waals surface area contributed by atoms with Crippen LogP contribution in [0.15, 0.2) is 30.6 Å². The molecule has 0 amide bonds. The van der Waals surface area contributed by atoms with Crippen molar-refractivity contribution < 1.29 is 17.9 Å². The Morgan fingerprint density at radius 3 is 2.75 bits per heavy atom. The monoisotopic (exact) mass is 398 g/mol. The van der Waals surface area contributed by atoms with Gasteiger partial charge in [-0.3, -0.25) is 0 Å². The van der Waals surface area contributed by atoms with Gasteiger partial charge in [0, 0.05) is 5.02 Å². The van der Waals surface area contributed by atoms with Crippen LogP contribution >= 0.6 is 35.4 Å². The van der Waals surface area contributed by atoms with Gasteiger partial charge in [0.25, 0.3) is 0 Å². The summed E-state index contributed by atoms with van der Waals surface area (Å²) < 4.78 is 41.7. The minimum Gasteiger partial charge on any atom is -0.350 e. The number of benzene rings is 1. The molecular weight excluding hydrogens is 388 g/mol. The molecule has 1 aromatic heterocycles. The lowest BCUT2D eigenvalue weighted by Gasteiger charge is -2.10. The lowest BCUT2D eigenvalue weighted by Crippen LogP contribution is -2.19. The van der Waals surface area contributed by atoms with Gasteiger partial charge in [0.2, 0.25) is 0 Å². The SMILES string of the molecule is FC(F)(F)COCn1cc(NC(=S)Nc2cc(Cl)ccc2Cl)cn1. The summed E-state index contributed by atoms with van der Waals surface area (Å²) in [6.45, 7) is -1.68. The largest absolute Gasteiger partial charge is 0.411 e. The van der Waals surface area contributed by atoms with Crippen molar-refractivity contribution in [3.8, 4) is 0 Å². The summed E-state index contributed by atoms with van der Waals surface area (Å²) >= 11 is 17.0. The second kappa shape index (κ2) is 8.02. The van der Waals surface area contributed by atoms with E-state index in [-0.39, 0.29) is 11.8 Å². The third-order valence-corrected chi connectivity index (χ3v) is 3.33. The first-order valence-corrected chi connectivity index (χ1v) is 7.59. The fourth-order valence-corrected chi connectivity index (χ4v) is 2.20. The number of rotatable bonds is 5. The van der Waals surface area contributed by atoms with Gasteiger partial charge in [-0.1, -0.05) is 23.2 Å². The van der Waals surface area contributed by atoms with Gasteiger partial charge in [-0.2, -0.15) is 18.3 Å². The molecule has 0 atom stereocenters. The van der Waals surface area contributed by atoms with Crippen LogP contribution in [0.2, 0.25) is 10.0 Å². The molecule has 0 unspecified atom stereocenters. The van der Waals surface area contributed by atoms with Gasteiger partial charge in [-0.25, -0.2) is 4.68 Å². The predicted molar refractivity (Wildman–Crippen MR) is 90.5 cm³/mol. The molecule has 0 aliphatic heterocycles. The summed E-state index contributed by atoms with van der Waals surface area (Å²) in [6, 6.07) is 4.85. The standard InChI is InChI=1S/C13H11Cl2F3N4OS/c14-8-1-2-10(15)11(3-8)21-12(24)20-9-4-19-22(5-9)7-23-6-13(16,17)18/h1-5H,6-7H2,(H2,20,21,24). The van der Waals surface area contributed by atoms with Crippen LogP contribution in [0.4, 0.5) is 24.5 Å². The van der Waals surface area contributed by atoms with Crippen molar-refractivity contribution in [2.75, 3.05) is 17.2 Å². The van der Waals surface area contributed by atoms with Crippen LogP contribution in [0.1, 0.15) is 0 Å². The highest BCUT2D eigenvalue weighted by molar-refractivity contribution is 7.80. The Balaban J connectivity index is 1.87. The molecule has 0 radical (unpaired) electrons. The summed E-state index contributed by atoms with van der Waals surface area (Å²) in [4.78, 5) is 0. The zero-order chi connectivity index (χ0) is 17.7. The second-order valence-corrected chi connectivity index (χ2v) is 5.82. The van der Waals surface area contributed by atoms with Crippen molar-refractivity contribution in [3.05, 3.63) is 40.6 Å². The molecule has 0 aliphatic rings. The van der Waals surface area contributed by atoms with Gasteiger partial charge in [-0.15, -0.1) is 0 Å². The topological polar surface area (TPSA) is 51.1 Å². The molecule has 2 rings (SSSR count). The molecule has 0 fully saturated rings. The third-order valence-electron chi connectivity index (χ3n) is 2.56. The molecule has 2 aromatic rings. The summed E-state index contributed by atoms with van der Waals surface area (Å²) in [5.41, 5.74) is 0.990. The van der Waals surface area contributed by atoms with Crippen LogP contribution in [-0.2, 0) is 11.5 Å². The number of nitrogens with one attached hydrogen (secondary N) is 2. The molecule has 2 N–H and O–H groups in total. The molecule has 130 valence electrons. The van der Waals surface area contributed by atoms with E-state index in [9.17, 15) is 13.2 Å². The first-order valence-electron chi connectivity index (χ1n) is 6.43. The quantitative estimate of drug-likeness (QED) is 0.724. The minimum absolute atomic E-state index is 0.218. The molecule has 0 saturated carbocycles. The maximum Gasteiger partial charge on any atom is 0.411 e. The van der Waals surface area contributed by atoms with Crippen LogP contribution in [0.3, 0.4) is 0 Å². The van der Waals surface area contributed by atoms with Crippen molar-refractivity contribution in [2.24, 2.45) is 0 Å². The van der Waals surface area contributed by atoms with Gasteiger partial charge in [0.05, 0.1) is 28.8 Å². The van der Waals surface area contributed by atoms with Crippen molar-refractivity contribution in [1.29, 1.82) is 0 Å². The lowest BCUT2D eigenvalue weighted by atomic mass is 10.3. The smallest absolute Gasteiger partial charge is 0.350 e. The second-order valence-electron chi connectivity index (χ2n) is 4.56. The molecule has 0 saturated heterocycles. The van der Waals surface area contributed by atoms with Crippen LogP contribution in [-0.4, -0.2) is 27.7 Å². The number of nitrogens with zero attached hydrogens (tertiary/aromatic N) is 2. The zero-order valence-electron chi connectivity index (χ0n) is 11.9. The Hall–Kier alpha value is -1.55. The van der Waals surface area contributed by atoms with Crippen molar-refractivity contribution in [3.63, 3.8) is 0 Å². The summed E-state index contributed by atoms with van der Waals surface area (Å²) in [6.07, 6.45) is -1.54. The maximum atomic E-state index is 12.0. The van der Waals surface area contributed by atoms with Gasteiger partial charge < -0.3 is 15.4 Å². The van der Waals surface area contributed by atoms with E-state index in [1.807, 2.05) is 0 Å². The highest BCUT2D eigenvalue weighted by Gasteiger charge is 2.27. The van der Waals surface area contributed by atoms with E-state index in [2.05, 4.69) is 20.5 Å². The van der Waals surface area contributed by atoms with E-state index >= 15 is 0 Å². The average Bonchev–Trinajstić information content (AvgIpc) is 2.89. The first-order chi connectivity index (χ1) is 11.2. The average molecular weight is 399 g/mol. The van der Waals surface area contributed by atoms with Gasteiger partial charge in [-0.05, 0) is 30.4 Å². The number of hydrogen-bond donors (Lipinski definition) is 2. The van der Waals surface area contributed by atoms with E-state index in [0.717, 1.165) is 0 Å². The van der Waals surface area contributed by atoms with Crippen molar-refractivity contribution >= 4 is 51.9 Å². The molecule has 0 spiro atoms. The lowest BCUT2D eigenvalue weighted by molar-refractivity contribution is -0.182. The number of alkyl halides is 3. The Morgan fingerprint density at radius 2 is 2.04 bits per heavy atom. The third kappa shape index (κ3) is 6.16. The highest BCUT2D eigenvalue weighted by Crippen LogP contribution is 2.25. The fraction of sp³-hybridized carbons (Fsp3) is 0.231. The molecule has 11 heteroatoms. The van der Waals surface area contributed by atoms with E-state index in [0.29, 0.717) is 21.4 Å². The summed E-state index contributed by atoms with van der Waals surface area (Å²) in [7, 11) is 0. The summed E-state index contributed by atoms with van der Waals surface area (Å²) in [5, 5.41) is 10.7. The normalized spacial score (nSPS) is 11.4. The number of anilines is 2. The number of aromatic nitrogens is 2. The molecular formula is C13H11Cl2F3N4OS. The first kappa shape index (κ1) is 18.8. The van der Waals surface area contributed by atoms with E-state index in [1.165, 1.54) is 17.1 Å². The minimum atomic E-state index is -4.38. The highest BCUT2D eigenvalue weighted by atomic mass is 35.5. The number of ether oxygens (including phenoxy) is 1. The Morgan fingerprint density at radius 1 is 1.29 bits per heavy atom. The maximum absolute atomic E-state index is 12.0. The van der Waals surface area contributed by atoms with Crippen molar-refractivity contribution in [2.45, 2.75) is 12.9 Å². The van der Waals surface area contributed by atoms with Gasteiger partial charge >= 0.3 is 6.18 Å². The Kier molecular flexibility index (Phi) is 6.27. The zero-order valence-corrected chi connectivity index (χ0v) is 14.2. The van der Waals surface area contributed by atoms with Crippen LogP contribution in [0.25, 0.3) is 0 Å². The van der Waals surface area contributed by atoms with Gasteiger partial charge in [0.1, 0.15) is 13.3 Å². The molecule has 24 heavy (non-hydrogen) atoms. The van der Waals surface area contributed by atoms with Gasteiger partial charge in [0.15, 0.2) is 5.11 Å². The van der Waals surface area contributed by atoms with Crippen LogP contribution in [0.5, 0.6) is 0 Å². The van der Waals surface area contributed by atoms with E-state index < -0.39 is 12.8 Å². The number of halogens is 5. The van der Waals surface area contributed by atoms with Crippen molar-refractivity contribution in [1.82, 2.24) is 9.78 Å². The molecule has 5 nitrogen and oxygen atoms in total. The van der Waals surface area contributed by atoms with E-state index in [1.54, 1.807) is 18.2 Å². The van der Waals surface area contributed by atoms with Crippen LogP contribution in [0, 0.1) is 0 Å². The fourth-order valence-electron chi connectivity index (χ4n) is 1.63. The molecule has 1 aromatic carbocycles. The summed E-state index contributed by atoms with van der Waals surface area (Å²) in [5.74, 6) is 0. The van der Waals surface area contributed by atoms with E-state index in [4.69, 9.17) is 35.4 Å². The predicted octanol–water partition coefficient (Wildman–Crippen LogP) is 4.54. The number of thiocarbonyl (C=S) groups is 1. The number of hydrogen-bond acceptors (Lipinski definition) is 3. The Bertz CT molecular complexity index is 723. The molecule has 1 heterocycles. The van der Waals surface area contributed by atoms with Crippen LogP contribution < -0.4 is 10.6 Å². The Labute approximate surface area is 150 Å². The molecule has 0 bridgehead atoms. The molecule has 0 aliphatic carbocycles.